The summed E-state index contributed by atoms with van der Waals surface area (Å²) in [6.07, 6.45) is 3.44. The Balaban J connectivity index is 2.15. The molecule has 0 unspecified atom stereocenters. The zero-order valence-electron chi connectivity index (χ0n) is 11.3. The number of rotatable bonds is 3. The Labute approximate surface area is 112 Å². The van der Waals surface area contributed by atoms with Crippen molar-refractivity contribution in [3.8, 4) is 0 Å². The van der Waals surface area contributed by atoms with E-state index in [1.54, 1.807) is 23.0 Å². The molecule has 19 heavy (non-hydrogen) atoms. The van der Waals surface area contributed by atoms with E-state index in [1.165, 1.54) is 0 Å². The summed E-state index contributed by atoms with van der Waals surface area (Å²) in [5.74, 6) is -0.182. The summed E-state index contributed by atoms with van der Waals surface area (Å²) in [5.41, 5.74) is 8.52. The van der Waals surface area contributed by atoms with Crippen LogP contribution in [0.1, 0.15) is 35.8 Å². The van der Waals surface area contributed by atoms with E-state index in [0.717, 1.165) is 5.56 Å². The lowest BCUT2D eigenvalue weighted by molar-refractivity contribution is 0.102. The van der Waals surface area contributed by atoms with Gasteiger partial charge in [-0.25, -0.2) is 0 Å². The van der Waals surface area contributed by atoms with E-state index in [9.17, 15) is 4.79 Å². The number of aryl methyl sites for hydroxylation is 1. The normalized spacial score (nSPS) is 10.7. The van der Waals surface area contributed by atoms with Crippen LogP contribution in [-0.4, -0.2) is 15.7 Å². The minimum absolute atomic E-state index is 0.182. The van der Waals surface area contributed by atoms with Crippen LogP contribution in [0.25, 0.3) is 0 Å². The number of aromatic nitrogens is 2. The van der Waals surface area contributed by atoms with Gasteiger partial charge in [-0.3, -0.25) is 9.48 Å². The predicted molar refractivity (Wildman–Crippen MR) is 76.2 cm³/mol. The second-order valence-corrected chi connectivity index (χ2v) is 4.89. The summed E-state index contributed by atoms with van der Waals surface area (Å²) < 4.78 is 1.79. The Hall–Kier alpha value is -2.30. The monoisotopic (exact) mass is 258 g/mol. The van der Waals surface area contributed by atoms with Crippen molar-refractivity contribution in [1.29, 1.82) is 0 Å². The molecule has 0 aliphatic rings. The van der Waals surface area contributed by atoms with Crippen LogP contribution in [0.3, 0.4) is 0 Å². The predicted octanol–water partition coefficient (Wildman–Crippen LogP) is 2.61. The zero-order chi connectivity index (χ0) is 14.0. The molecule has 0 radical (unpaired) electrons. The molecule has 0 fully saturated rings. The van der Waals surface area contributed by atoms with Crippen molar-refractivity contribution >= 4 is 17.3 Å². The number of nitrogen functional groups attached to an aromatic ring is 1. The average molecular weight is 258 g/mol. The van der Waals surface area contributed by atoms with Gasteiger partial charge in [0.1, 0.15) is 0 Å². The molecule has 0 spiro atoms. The summed E-state index contributed by atoms with van der Waals surface area (Å²) in [6.45, 7) is 5.96. The van der Waals surface area contributed by atoms with Crippen molar-refractivity contribution in [2.24, 2.45) is 0 Å². The van der Waals surface area contributed by atoms with Gasteiger partial charge in [0.25, 0.3) is 5.91 Å². The smallest absolute Gasteiger partial charge is 0.255 e. The summed E-state index contributed by atoms with van der Waals surface area (Å²) in [4.78, 5) is 12.1. The molecule has 0 atom stereocenters. The van der Waals surface area contributed by atoms with Gasteiger partial charge in [0, 0.05) is 23.5 Å². The van der Waals surface area contributed by atoms with Gasteiger partial charge < -0.3 is 11.1 Å². The van der Waals surface area contributed by atoms with Gasteiger partial charge in [-0.05, 0) is 44.5 Å². The Bertz CT molecular complexity index is 581. The first-order valence-electron chi connectivity index (χ1n) is 6.18. The Morgan fingerprint density at radius 3 is 2.68 bits per heavy atom. The number of anilines is 2. The molecule has 3 N–H and O–H groups in total. The van der Waals surface area contributed by atoms with Crippen LogP contribution in [0.5, 0.6) is 0 Å². The highest BCUT2D eigenvalue weighted by Crippen LogP contribution is 2.15. The summed E-state index contributed by atoms with van der Waals surface area (Å²) in [7, 11) is 0. The third kappa shape index (κ3) is 3.13. The largest absolute Gasteiger partial charge is 0.399 e. The number of nitrogens with two attached hydrogens (primary N) is 1. The molecule has 1 aromatic carbocycles. The fraction of sp³-hybridized carbons (Fsp3) is 0.286. The first-order valence-corrected chi connectivity index (χ1v) is 6.18. The average Bonchev–Trinajstić information content (AvgIpc) is 2.76. The molecule has 1 amide bonds. The molecule has 0 aliphatic carbocycles. The molecular formula is C14H18N4O. The Morgan fingerprint density at radius 2 is 2.11 bits per heavy atom. The maximum Gasteiger partial charge on any atom is 0.255 e. The van der Waals surface area contributed by atoms with E-state index in [-0.39, 0.29) is 11.9 Å². The molecule has 1 heterocycles. The maximum absolute atomic E-state index is 12.1. The van der Waals surface area contributed by atoms with Crippen LogP contribution in [0, 0.1) is 6.92 Å². The van der Waals surface area contributed by atoms with Gasteiger partial charge in [-0.2, -0.15) is 5.10 Å². The molecule has 0 bridgehead atoms. The minimum atomic E-state index is -0.182. The number of hydrogen-bond acceptors (Lipinski definition) is 3. The molecular weight excluding hydrogens is 240 g/mol. The zero-order valence-corrected chi connectivity index (χ0v) is 11.3. The molecule has 5 heteroatoms. The van der Waals surface area contributed by atoms with Crippen LogP contribution < -0.4 is 11.1 Å². The highest BCUT2D eigenvalue weighted by atomic mass is 16.1. The second kappa shape index (κ2) is 5.14. The standard InChI is InChI=1S/C14H18N4O/c1-9(2)18-8-13(7-16-18)17-14(19)11-4-10(3)5-12(15)6-11/h4-9H,15H2,1-3H3,(H,17,19). The number of benzene rings is 1. The van der Waals surface area contributed by atoms with Gasteiger partial charge in [-0.15, -0.1) is 0 Å². The molecule has 2 rings (SSSR count). The maximum atomic E-state index is 12.1. The topological polar surface area (TPSA) is 72.9 Å². The van der Waals surface area contributed by atoms with Crippen molar-refractivity contribution in [3.63, 3.8) is 0 Å². The van der Waals surface area contributed by atoms with Crippen LogP contribution in [0.4, 0.5) is 11.4 Å². The number of carbonyl (C=O) groups is 1. The number of carbonyl (C=O) groups excluding carboxylic acids is 1. The molecule has 5 nitrogen and oxygen atoms in total. The lowest BCUT2D eigenvalue weighted by Crippen LogP contribution is -2.12. The Kier molecular flexibility index (Phi) is 3.55. The van der Waals surface area contributed by atoms with Crippen molar-refractivity contribution in [3.05, 3.63) is 41.7 Å². The molecule has 0 saturated heterocycles. The van der Waals surface area contributed by atoms with Crippen molar-refractivity contribution in [2.45, 2.75) is 26.8 Å². The van der Waals surface area contributed by atoms with Gasteiger partial charge in [-0.1, -0.05) is 0 Å². The highest BCUT2D eigenvalue weighted by molar-refractivity contribution is 6.04. The third-order valence-corrected chi connectivity index (χ3v) is 2.75. The second-order valence-electron chi connectivity index (χ2n) is 4.89. The van der Waals surface area contributed by atoms with Crippen molar-refractivity contribution in [1.82, 2.24) is 9.78 Å². The first kappa shape index (κ1) is 13.1. The third-order valence-electron chi connectivity index (χ3n) is 2.75. The van der Waals surface area contributed by atoms with Crippen LogP contribution >= 0.6 is 0 Å². The van der Waals surface area contributed by atoms with E-state index < -0.39 is 0 Å². The van der Waals surface area contributed by atoms with Crippen molar-refractivity contribution in [2.75, 3.05) is 11.1 Å². The summed E-state index contributed by atoms with van der Waals surface area (Å²) >= 11 is 0. The van der Waals surface area contributed by atoms with Gasteiger partial charge >= 0.3 is 0 Å². The van der Waals surface area contributed by atoms with Crippen LogP contribution in [-0.2, 0) is 0 Å². The Morgan fingerprint density at radius 1 is 1.37 bits per heavy atom. The lowest BCUT2D eigenvalue weighted by Gasteiger charge is -2.06. The van der Waals surface area contributed by atoms with E-state index in [0.29, 0.717) is 16.9 Å². The summed E-state index contributed by atoms with van der Waals surface area (Å²) in [5, 5.41) is 6.98. The van der Waals surface area contributed by atoms with Gasteiger partial charge in [0.05, 0.1) is 11.9 Å². The van der Waals surface area contributed by atoms with Gasteiger partial charge in [0.2, 0.25) is 0 Å². The first-order chi connectivity index (χ1) is 8.95. The van der Waals surface area contributed by atoms with Gasteiger partial charge in [0.15, 0.2) is 0 Å². The fourth-order valence-electron chi connectivity index (χ4n) is 1.83. The van der Waals surface area contributed by atoms with E-state index in [1.807, 2.05) is 33.0 Å². The lowest BCUT2D eigenvalue weighted by atomic mass is 10.1. The molecule has 0 saturated carbocycles. The number of hydrogen-bond donors (Lipinski definition) is 2. The molecule has 100 valence electrons. The van der Waals surface area contributed by atoms with Crippen LogP contribution in [0.15, 0.2) is 30.6 Å². The number of amides is 1. The van der Waals surface area contributed by atoms with E-state index in [4.69, 9.17) is 5.73 Å². The van der Waals surface area contributed by atoms with E-state index >= 15 is 0 Å². The number of nitrogens with zero attached hydrogens (tertiary/aromatic N) is 2. The molecule has 0 aliphatic heterocycles. The van der Waals surface area contributed by atoms with Crippen LogP contribution in [0.2, 0.25) is 0 Å². The number of nitrogens with one attached hydrogen (secondary N) is 1. The quantitative estimate of drug-likeness (QED) is 0.831. The van der Waals surface area contributed by atoms with Crippen molar-refractivity contribution < 1.29 is 4.79 Å². The van der Waals surface area contributed by atoms with E-state index in [2.05, 4.69) is 10.4 Å². The minimum Gasteiger partial charge on any atom is -0.399 e. The summed E-state index contributed by atoms with van der Waals surface area (Å²) in [6, 6.07) is 5.56. The fourth-order valence-corrected chi connectivity index (χ4v) is 1.83. The SMILES string of the molecule is Cc1cc(N)cc(C(=O)Nc2cnn(C(C)C)c2)c1. The molecule has 1 aromatic heterocycles. The highest BCUT2D eigenvalue weighted by Gasteiger charge is 2.09. The molecule has 2 aromatic rings.